The van der Waals surface area contributed by atoms with Gasteiger partial charge in [-0.1, -0.05) is 27.4 Å². The summed E-state index contributed by atoms with van der Waals surface area (Å²) in [5.74, 6) is 1.27. The molecule has 0 aromatic heterocycles. The van der Waals surface area contributed by atoms with Gasteiger partial charge in [-0.2, -0.15) is 0 Å². The average Bonchev–Trinajstić information content (AvgIpc) is 2.60. The lowest BCUT2D eigenvalue weighted by atomic mass is 9.68. The van der Waals surface area contributed by atoms with E-state index in [1.807, 2.05) is 0 Å². The van der Waals surface area contributed by atoms with E-state index in [1.165, 1.54) is 0 Å². The van der Waals surface area contributed by atoms with Gasteiger partial charge in [0.15, 0.2) is 0 Å². The highest BCUT2D eigenvalue weighted by molar-refractivity contribution is 5.15. The standard InChI is InChI=1S/C15H26O2/c1-9(2)11-7-8-15(4)12(16)6-5-10(3)14(17)13(11)15/h9,11-14,16-17H,3,5-8H2,1-2,4H3/t11-,12-,13-,14-,15+/m0/s1. The third-order valence-corrected chi connectivity index (χ3v) is 5.35. The summed E-state index contributed by atoms with van der Waals surface area (Å²) < 4.78 is 0. The molecule has 0 aliphatic heterocycles. The first-order valence-corrected chi connectivity index (χ1v) is 6.91. The molecule has 2 aliphatic rings. The minimum absolute atomic E-state index is 0.117. The monoisotopic (exact) mass is 238 g/mol. The highest BCUT2D eigenvalue weighted by atomic mass is 16.3. The maximum Gasteiger partial charge on any atom is 0.0784 e. The maximum atomic E-state index is 10.5. The second kappa shape index (κ2) is 4.40. The molecule has 0 amide bonds. The molecular weight excluding hydrogens is 212 g/mol. The molecular formula is C15H26O2. The van der Waals surface area contributed by atoms with Gasteiger partial charge in [0.05, 0.1) is 12.2 Å². The van der Waals surface area contributed by atoms with Gasteiger partial charge in [-0.25, -0.2) is 0 Å². The van der Waals surface area contributed by atoms with Crippen LogP contribution in [0, 0.1) is 23.2 Å². The van der Waals surface area contributed by atoms with E-state index >= 15 is 0 Å². The number of aliphatic hydroxyl groups excluding tert-OH is 2. The van der Waals surface area contributed by atoms with Gasteiger partial charge in [-0.3, -0.25) is 0 Å². The second-order valence-corrected chi connectivity index (χ2v) is 6.64. The van der Waals surface area contributed by atoms with Crippen molar-refractivity contribution in [3.05, 3.63) is 12.2 Å². The van der Waals surface area contributed by atoms with E-state index in [0.717, 1.165) is 31.3 Å². The van der Waals surface area contributed by atoms with Crippen molar-refractivity contribution in [1.29, 1.82) is 0 Å². The Balaban J connectivity index is 2.37. The molecule has 0 aromatic carbocycles. The Morgan fingerprint density at radius 3 is 2.53 bits per heavy atom. The Hall–Kier alpha value is -0.340. The first-order chi connectivity index (χ1) is 7.88. The largest absolute Gasteiger partial charge is 0.393 e. The van der Waals surface area contributed by atoms with Gasteiger partial charge in [0, 0.05) is 0 Å². The number of aliphatic hydroxyl groups is 2. The number of fused-ring (bicyclic) bond motifs is 1. The van der Waals surface area contributed by atoms with Gasteiger partial charge in [-0.05, 0) is 54.4 Å². The molecule has 2 N–H and O–H groups in total. The summed E-state index contributed by atoms with van der Waals surface area (Å²) in [6, 6.07) is 0. The van der Waals surface area contributed by atoms with Crippen LogP contribution in [-0.2, 0) is 0 Å². The molecule has 17 heavy (non-hydrogen) atoms. The lowest BCUT2D eigenvalue weighted by Crippen LogP contribution is -2.42. The summed E-state index contributed by atoms with van der Waals surface area (Å²) in [6.45, 7) is 10.6. The summed E-state index contributed by atoms with van der Waals surface area (Å²) in [6.07, 6.45) is 2.97. The number of rotatable bonds is 1. The van der Waals surface area contributed by atoms with Crippen molar-refractivity contribution in [1.82, 2.24) is 0 Å². The Morgan fingerprint density at radius 1 is 1.29 bits per heavy atom. The third-order valence-electron chi connectivity index (χ3n) is 5.35. The summed E-state index contributed by atoms with van der Waals surface area (Å²) in [7, 11) is 0. The van der Waals surface area contributed by atoms with Crippen LogP contribution in [0.25, 0.3) is 0 Å². The average molecular weight is 238 g/mol. The highest BCUT2D eigenvalue weighted by Crippen LogP contribution is 2.56. The molecule has 2 saturated carbocycles. The normalized spacial score (nSPS) is 47.1. The molecule has 2 aliphatic carbocycles. The van der Waals surface area contributed by atoms with Gasteiger partial charge in [0.25, 0.3) is 0 Å². The Labute approximate surface area is 105 Å². The molecule has 0 unspecified atom stereocenters. The molecule has 5 atom stereocenters. The van der Waals surface area contributed by atoms with E-state index in [-0.39, 0.29) is 17.4 Å². The van der Waals surface area contributed by atoms with E-state index < -0.39 is 6.10 Å². The number of hydrogen-bond acceptors (Lipinski definition) is 2. The van der Waals surface area contributed by atoms with Crippen LogP contribution in [0.4, 0.5) is 0 Å². The van der Waals surface area contributed by atoms with E-state index in [0.29, 0.717) is 11.8 Å². The Bertz CT molecular complexity index is 310. The fraction of sp³-hybridized carbons (Fsp3) is 0.867. The van der Waals surface area contributed by atoms with Crippen LogP contribution in [0.3, 0.4) is 0 Å². The van der Waals surface area contributed by atoms with E-state index in [9.17, 15) is 10.2 Å². The van der Waals surface area contributed by atoms with Crippen LogP contribution in [0.2, 0.25) is 0 Å². The molecule has 0 spiro atoms. The van der Waals surface area contributed by atoms with Crippen molar-refractivity contribution in [2.45, 2.75) is 58.7 Å². The molecule has 0 radical (unpaired) electrons. The van der Waals surface area contributed by atoms with Gasteiger partial charge < -0.3 is 10.2 Å². The van der Waals surface area contributed by atoms with Crippen molar-refractivity contribution in [2.24, 2.45) is 23.2 Å². The zero-order valence-electron chi connectivity index (χ0n) is 11.3. The van der Waals surface area contributed by atoms with E-state index in [4.69, 9.17) is 0 Å². The third kappa shape index (κ3) is 1.96. The summed E-state index contributed by atoms with van der Waals surface area (Å²) in [5, 5.41) is 20.9. The van der Waals surface area contributed by atoms with Gasteiger partial charge in [0.1, 0.15) is 0 Å². The summed E-state index contributed by atoms with van der Waals surface area (Å²) in [4.78, 5) is 0. The molecule has 0 saturated heterocycles. The lowest BCUT2D eigenvalue weighted by Gasteiger charge is -2.39. The topological polar surface area (TPSA) is 40.5 Å². The Kier molecular flexibility index (Phi) is 3.39. The zero-order valence-corrected chi connectivity index (χ0v) is 11.3. The van der Waals surface area contributed by atoms with Gasteiger partial charge >= 0.3 is 0 Å². The Morgan fingerprint density at radius 2 is 1.94 bits per heavy atom. The summed E-state index contributed by atoms with van der Waals surface area (Å²) in [5.41, 5.74) is 0.804. The minimum atomic E-state index is -0.424. The molecule has 2 heteroatoms. The second-order valence-electron chi connectivity index (χ2n) is 6.64. The first-order valence-electron chi connectivity index (χ1n) is 6.91. The molecule has 0 heterocycles. The molecule has 2 rings (SSSR count). The fourth-order valence-electron chi connectivity index (χ4n) is 4.10. The molecule has 2 fully saturated rings. The zero-order chi connectivity index (χ0) is 12.8. The van der Waals surface area contributed by atoms with Crippen LogP contribution >= 0.6 is 0 Å². The molecule has 0 aromatic rings. The van der Waals surface area contributed by atoms with Crippen LogP contribution in [0.15, 0.2) is 12.2 Å². The van der Waals surface area contributed by atoms with Gasteiger partial charge in [-0.15, -0.1) is 0 Å². The van der Waals surface area contributed by atoms with Crippen molar-refractivity contribution < 1.29 is 10.2 Å². The van der Waals surface area contributed by atoms with Crippen LogP contribution in [0.1, 0.15) is 46.5 Å². The van der Waals surface area contributed by atoms with Crippen molar-refractivity contribution in [3.63, 3.8) is 0 Å². The van der Waals surface area contributed by atoms with Crippen LogP contribution < -0.4 is 0 Å². The quantitative estimate of drug-likeness (QED) is 0.690. The lowest BCUT2D eigenvalue weighted by molar-refractivity contribution is -0.0371. The number of hydrogen-bond donors (Lipinski definition) is 2. The predicted molar refractivity (Wildman–Crippen MR) is 69.5 cm³/mol. The van der Waals surface area contributed by atoms with E-state index in [2.05, 4.69) is 27.4 Å². The molecule has 0 bridgehead atoms. The van der Waals surface area contributed by atoms with Crippen molar-refractivity contribution in [3.8, 4) is 0 Å². The van der Waals surface area contributed by atoms with E-state index in [1.54, 1.807) is 0 Å². The highest BCUT2D eigenvalue weighted by Gasteiger charge is 2.54. The molecule has 2 nitrogen and oxygen atoms in total. The van der Waals surface area contributed by atoms with Crippen molar-refractivity contribution in [2.75, 3.05) is 0 Å². The maximum absolute atomic E-state index is 10.5. The SMILES string of the molecule is C=C1CC[C@H](O)[C@@]2(C)CC[C@@H](C(C)C)[C@H]2[C@H]1O. The van der Waals surface area contributed by atoms with Gasteiger partial charge in [0.2, 0.25) is 0 Å². The van der Waals surface area contributed by atoms with Crippen LogP contribution in [-0.4, -0.2) is 22.4 Å². The summed E-state index contributed by atoms with van der Waals surface area (Å²) >= 11 is 0. The minimum Gasteiger partial charge on any atom is -0.393 e. The molecule has 98 valence electrons. The smallest absolute Gasteiger partial charge is 0.0784 e. The predicted octanol–water partition coefficient (Wildman–Crippen LogP) is 2.75. The first kappa shape index (κ1) is 13.1. The van der Waals surface area contributed by atoms with Crippen molar-refractivity contribution >= 4 is 0 Å². The fourth-order valence-corrected chi connectivity index (χ4v) is 4.10. The van der Waals surface area contributed by atoms with Crippen LogP contribution in [0.5, 0.6) is 0 Å².